The van der Waals surface area contributed by atoms with E-state index in [1.54, 1.807) is 0 Å². The molecule has 24 heavy (non-hydrogen) atoms. The first-order chi connectivity index (χ1) is 11.7. The molecule has 1 aliphatic carbocycles. The molecule has 1 amide bonds. The third-order valence-corrected chi connectivity index (χ3v) is 5.66. The number of β-amino-alcohol motifs (C(OH)–C–C–N with tert-alkyl or cyclic N) is 1. The maximum absolute atomic E-state index is 12.9. The molecule has 2 atom stereocenters. The normalized spacial score (nSPS) is 28.0. The van der Waals surface area contributed by atoms with Crippen molar-refractivity contribution in [2.45, 2.75) is 37.8 Å². The molecule has 130 valence electrons. The van der Waals surface area contributed by atoms with Gasteiger partial charge in [0.1, 0.15) is 0 Å². The molecule has 4 rings (SSSR count). The van der Waals surface area contributed by atoms with Gasteiger partial charge in [-0.25, -0.2) is 0 Å². The van der Waals surface area contributed by atoms with Crippen LogP contribution in [0.4, 0.5) is 0 Å². The number of likely N-dealkylation sites (tertiary alicyclic amines) is 1. The molecule has 1 aromatic carbocycles. The monoisotopic (exact) mass is 330 g/mol. The van der Waals surface area contributed by atoms with E-state index >= 15 is 0 Å². The number of aryl methyl sites for hydroxylation is 2. The SMILES string of the molecule is O=C(c1ccc2c(c1)CCCC2)N1CC(O)C(N2CCOCC2)C1. The van der Waals surface area contributed by atoms with Gasteiger partial charge in [-0.15, -0.1) is 0 Å². The minimum atomic E-state index is -0.468. The first kappa shape index (κ1) is 16.1. The highest BCUT2D eigenvalue weighted by atomic mass is 16.5. The number of hydrogen-bond donors (Lipinski definition) is 1. The summed E-state index contributed by atoms with van der Waals surface area (Å²) in [7, 11) is 0. The molecule has 5 heteroatoms. The van der Waals surface area contributed by atoms with Gasteiger partial charge in [0, 0.05) is 31.7 Å². The van der Waals surface area contributed by atoms with Crippen LogP contribution in [-0.4, -0.2) is 72.4 Å². The molecule has 2 aliphatic heterocycles. The number of fused-ring (bicyclic) bond motifs is 1. The zero-order chi connectivity index (χ0) is 16.5. The molecule has 2 unspecified atom stereocenters. The zero-order valence-corrected chi connectivity index (χ0v) is 14.1. The number of nitrogens with zero attached hydrogens (tertiary/aromatic N) is 2. The van der Waals surface area contributed by atoms with Gasteiger partial charge in [0.15, 0.2) is 0 Å². The summed E-state index contributed by atoms with van der Waals surface area (Å²) in [6.45, 7) is 4.13. The molecule has 2 saturated heterocycles. The van der Waals surface area contributed by atoms with E-state index in [2.05, 4.69) is 17.0 Å². The minimum Gasteiger partial charge on any atom is -0.390 e. The van der Waals surface area contributed by atoms with Gasteiger partial charge in [-0.3, -0.25) is 9.69 Å². The molecule has 0 aromatic heterocycles. The van der Waals surface area contributed by atoms with E-state index in [0.717, 1.165) is 31.5 Å². The van der Waals surface area contributed by atoms with E-state index < -0.39 is 6.10 Å². The molecule has 3 aliphatic rings. The second-order valence-electron chi connectivity index (χ2n) is 7.18. The van der Waals surface area contributed by atoms with Crippen molar-refractivity contribution in [3.8, 4) is 0 Å². The van der Waals surface area contributed by atoms with Gasteiger partial charge < -0.3 is 14.7 Å². The number of benzene rings is 1. The van der Waals surface area contributed by atoms with Crippen molar-refractivity contribution in [2.75, 3.05) is 39.4 Å². The largest absolute Gasteiger partial charge is 0.390 e. The van der Waals surface area contributed by atoms with E-state index in [9.17, 15) is 9.90 Å². The third-order valence-electron chi connectivity index (χ3n) is 5.66. The molecule has 0 radical (unpaired) electrons. The number of carbonyl (C=O) groups excluding carboxylic acids is 1. The Balaban J connectivity index is 1.47. The fraction of sp³-hybridized carbons (Fsp3) is 0.632. The van der Waals surface area contributed by atoms with E-state index in [1.165, 1.54) is 24.0 Å². The van der Waals surface area contributed by atoms with Gasteiger partial charge in [0.2, 0.25) is 0 Å². The lowest BCUT2D eigenvalue weighted by Crippen LogP contribution is -2.49. The Morgan fingerprint density at radius 1 is 1.08 bits per heavy atom. The Hall–Kier alpha value is -1.43. The number of morpholine rings is 1. The summed E-state index contributed by atoms with van der Waals surface area (Å²) >= 11 is 0. The van der Waals surface area contributed by atoms with Crippen LogP contribution in [0, 0.1) is 0 Å². The molecular weight excluding hydrogens is 304 g/mol. The van der Waals surface area contributed by atoms with Crippen molar-refractivity contribution < 1.29 is 14.6 Å². The molecule has 5 nitrogen and oxygen atoms in total. The maximum atomic E-state index is 12.9. The van der Waals surface area contributed by atoms with Crippen LogP contribution in [0.2, 0.25) is 0 Å². The van der Waals surface area contributed by atoms with E-state index in [-0.39, 0.29) is 11.9 Å². The maximum Gasteiger partial charge on any atom is 0.254 e. The van der Waals surface area contributed by atoms with Crippen LogP contribution >= 0.6 is 0 Å². The van der Waals surface area contributed by atoms with Crippen LogP contribution < -0.4 is 0 Å². The molecular formula is C19H26N2O3. The molecule has 2 fully saturated rings. The standard InChI is InChI=1S/C19H26N2O3/c22-18-13-21(12-17(18)20-7-9-24-10-8-20)19(23)16-6-5-14-3-1-2-4-15(14)11-16/h5-6,11,17-18,22H,1-4,7-10,12-13H2. The Bertz CT molecular complexity index is 613. The molecule has 0 saturated carbocycles. The van der Waals surface area contributed by atoms with E-state index in [4.69, 9.17) is 4.74 Å². The van der Waals surface area contributed by atoms with Crippen molar-refractivity contribution in [3.05, 3.63) is 34.9 Å². The Morgan fingerprint density at radius 3 is 2.62 bits per heavy atom. The fourth-order valence-corrected chi connectivity index (χ4v) is 4.25. The summed E-state index contributed by atoms with van der Waals surface area (Å²) in [5.74, 6) is 0.0539. The number of carbonyl (C=O) groups is 1. The van der Waals surface area contributed by atoms with Gasteiger partial charge >= 0.3 is 0 Å². The minimum absolute atomic E-state index is 0.0375. The molecule has 2 heterocycles. The van der Waals surface area contributed by atoms with Gasteiger partial charge in [0.05, 0.1) is 25.4 Å². The molecule has 0 bridgehead atoms. The van der Waals surface area contributed by atoms with Crippen molar-refractivity contribution in [1.29, 1.82) is 0 Å². The van der Waals surface area contributed by atoms with Crippen molar-refractivity contribution >= 4 is 5.91 Å². The first-order valence-corrected chi connectivity index (χ1v) is 9.13. The number of hydrogen-bond acceptors (Lipinski definition) is 4. The summed E-state index contributed by atoms with van der Waals surface area (Å²) in [5.41, 5.74) is 3.49. The van der Waals surface area contributed by atoms with E-state index in [0.29, 0.717) is 26.3 Å². The number of aliphatic hydroxyl groups excluding tert-OH is 1. The van der Waals surface area contributed by atoms with Crippen molar-refractivity contribution in [1.82, 2.24) is 9.80 Å². The van der Waals surface area contributed by atoms with Crippen LogP contribution in [0.15, 0.2) is 18.2 Å². The topological polar surface area (TPSA) is 53.0 Å². The predicted molar refractivity (Wildman–Crippen MR) is 91.2 cm³/mol. The quantitative estimate of drug-likeness (QED) is 0.882. The molecule has 0 spiro atoms. The number of aliphatic hydroxyl groups is 1. The van der Waals surface area contributed by atoms with Crippen LogP contribution in [-0.2, 0) is 17.6 Å². The highest BCUT2D eigenvalue weighted by Gasteiger charge is 2.38. The van der Waals surface area contributed by atoms with Crippen LogP contribution in [0.3, 0.4) is 0 Å². The molecule has 1 N–H and O–H groups in total. The lowest BCUT2D eigenvalue weighted by atomic mass is 9.90. The number of rotatable bonds is 2. The highest BCUT2D eigenvalue weighted by Crippen LogP contribution is 2.24. The summed E-state index contributed by atoms with van der Waals surface area (Å²) < 4.78 is 5.39. The smallest absolute Gasteiger partial charge is 0.254 e. The average molecular weight is 330 g/mol. The van der Waals surface area contributed by atoms with E-state index in [1.807, 2.05) is 11.0 Å². The van der Waals surface area contributed by atoms with Crippen LogP contribution in [0.5, 0.6) is 0 Å². The van der Waals surface area contributed by atoms with Gasteiger partial charge in [-0.1, -0.05) is 6.07 Å². The Morgan fingerprint density at radius 2 is 1.83 bits per heavy atom. The zero-order valence-electron chi connectivity index (χ0n) is 14.1. The lowest BCUT2D eigenvalue weighted by molar-refractivity contribution is -0.00611. The Labute approximate surface area is 143 Å². The number of ether oxygens (including phenoxy) is 1. The van der Waals surface area contributed by atoms with Crippen molar-refractivity contribution in [3.63, 3.8) is 0 Å². The fourth-order valence-electron chi connectivity index (χ4n) is 4.25. The summed E-state index contributed by atoms with van der Waals surface area (Å²) in [5, 5.41) is 10.4. The summed E-state index contributed by atoms with van der Waals surface area (Å²) in [4.78, 5) is 17.0. The third kappa shape index (κ3) is 3.08. The predicted octanol–water partition coefficient (Wildman–Crippen LogP) is 1.08. The van der Waals surface area contributed by atoms with Gasteiger partial charge in [-0.2, -0.15) is 0 Å². The summed E-state index contributed by atoms with van der Waals surface area (Å²) in [6.07, 6.45) is 4.21. The highest BCUT2D eigenvalue weighted by molar-refractivity contribution is 5.94. The van der Waals surface area contributed by atoms with Gasteiger partial charge in [0.25, 0.3) is 5.91 Å². The summed E-state index contributed by atoms with van der Waals surface area (Å²) in [6, 6.07) is 6.19. The van der Waals surface area contributed by atoms with Crippen LogP contribution in [0.1, 0.15) is 34.3 Å². The Kier molecular flexibility index (Phi) is 4.57. The number of amides is 1. The second-order valence-corrected chi connectivity index (χ2v) is 7.18. The lowest BCUT2D eigenvalue weighted by Gasteiger charge is -2.33. The second kappa shape index (κ2) is 6.82. The first-order valence-electron chi connectivity index (χ1n) is 9.13. The molecule has 1 aromatic rings. The van der Waals surface area contributed by atoms with Gasteiger partial charge in [-0.05, 0) is 48.9 Å². The average Bonchev–Trinajstić information content (AvgIpc) is 3.03. The van der Waals surface area contributed by atoms with Crippen molar-refractivity contribution in [2.24, 2.45) is 0 Å². The van der Waals surface area contributed by atoms with Crippen LogP contribution in [0.25, 0.3) is 0 Å².